The van der Waals surface area contributed by atoms with E-state index in [9.17, 15) is 14.7 Å². The van der Waals surface area contributed by atoms with Gasteiger partial charge >= 0.3 is 0 Å². The molecule has 3 aliphatic rings. The molecule has 0 amide bonds. The maximum atomic E-state index is 13.5. The number of aryl methyl sites for hydroxylation is 2. The summed E-state index contributed by atoms with van der Waals surface area (Å²) >= 11 is 0. The van der Waals surface area contributed by atoms with Crippen molar-refractivity contribution in [3.8, 4) is 5.75 Å². The van der Waals surface area contributed by atoms with Gasteiger partial charge in [0, 0.05) is 34.8 Å². The van der Waals surface area contributed by atoms with Crippen LogP contribution in [0.1, 0.15) is 65.2 Å². The summed E-state index contributed by atoms with van der Waals surface area (Å²) in [6, 6.07) is 11.4. The number of hydrogen-bond donors (Lipinski definition) is 1. The quantitative estimate of drug-likeness (QED) is 0.720. The van der Waals surface area contributed by atoms with Crippen LogP contribution < -0.4 is 0 Å². The molecule has 0 saturated heterocycles. The fraction of sp³-hybridized carbons (Fsp3) is 0.346. The lowest BCUT2D eigenvalue weighted by molar-refractivity contribution is -0.124. The van der Waals surface area contributed by atoms with Crippen LogP contribution in [0.25, 0.3) is 5.70 Å². The number of phenolic OH excluding ortho intramolecular Hbond substituents is 1. The molecule has 0 aromatic heterocycles. The minimum Gasteiger partial charge on any atom is -0.507 e. The molecule has 2 aromatic rings. The highest BCUT2D eigenvalue weighted by Gasteiger charge is 2.50. The third kappa shape index (κ3) is 2.63. The van der Waals surface area contributed by atoms with Crippen LogP contribution in [0, 0.1) is 25.2 Å². The predicted octanol–water partition coefficient (Wildman–Crippen LogP) is 5.16. The van der Waals surface area contributed by atoms with Crippen LogP contribution >= 0.6 is 0 Å². The second-order valence-corrected chi connectivity index (χ2v) is 9.68. The lowest BCUT2D eigenvalue weighted by atomic mass is 9.63. The summed E-state index contributed by atoms with van der Waals surface area (Å²) in [5, 5.41) is 10.3. The number of nitrogens with zero attached hydrogens (tertiary/aromatic N) is 1. The molecule has 1 N–H and O–H groups in total. The monoisotopic (exact) mass is 399 g/mol. The fourth-order valence-electron chi connectivity index (χ4n) is 5.45. The summed E-state index contributed by atoms with van der Waals surface area (Å²) in [7, 11) is 0. The third-order valence-corrected chi connectivity index (χ3v) is 6.72. The molecule has 4 heteroatoms. The Morgan fingerprint density at radius 1 is 0.967 bits per heavy atom. The molecule has 0 radical (unpaired) electrons. The van der Waals surface area contributed by atoms with E-state index in [0.717, 1.165) is 40.1 Å². The van der Waals surface area contributed by atoms with Gasteiger partial charge in [-0.05, 0) is 42.4 Å². The number of phenols is 1. The molecule has 2 atom stereocenters. The minimum absolute atomic E-state index is 0.0329. The van der Waals surface area contributed by atoms with Gasteiger partial charge in [0.25, 0.3) is 0 Å². The van der Waals surface area contributed by atoms with Crippen molar-refractivity contribution in [2.45, 2.75) is 46.5 Å². The van der Waals surface area contributed by atoms with Crippen LogP contribution in [0.3, 0.4) is 0 Å². The first-order valence-corrected chi connectivity index (χ1v) is 10.5. The number of carbonyl (C=O) groups excluding carboxylic acids is 2. The van der Waals surface area contributed by atoms with E-state index in [0.29, 0.717) is 17.6 Å². The number of carbonyl (C=O) groups is 2. The number of allylic oxidation sites excluding steroid dienone is 1. The standard InChI is InChI=1S/C26H25NO3/c1-13-9-15(10-14(2)24(13)29)20-21-18(11-26(3,4)12-19(21)28)27-23-16-7-5-6-8-17(16)25(30)22(20)23/h5-10,20-21,29H,11-12H2,1-4H3/t20-,21?/m1/s1. The van der Waals surface area contributed by atoms with Gasteiger partial charge in [0.1, 0.15) is 11.5 Å². The molecule has 30 heavy (non-hydrogen) atoms. The molecule has 1 aliphatic heterocycles. The number of ketones is 2. The van der Waals surface area contributed by atoms with Crippen molar-refractivity contribution in [2.24, 2.45) is 16.3 Å². The Kier molecular flexibility index (Phi) is 3.95. The van der Waals surface area contributed by atoms with E-state index in [1.807, 2.05) is 50.2 Å². The summed E-state index contributed by atoms with van der Waals surface area (Å²) in [6.45, 7) is 7.92. The first-order valence-electron chi connectivity index (χ1n) is 10.5. The Morgan fingerprint density at radius 3 is 2.27 bits per heavy atom. The molecule has 1 fully saturated rings. The number of fused-ring (bicyclic) bond motifs is 3. The van der Waals surface area contributed by atoms with Crippen LogP contribution in [0.2, 0.25) is 0 Å². The van der Waals surface area contributed by atoms with Gasteiger partial charge in [0.15, 0.2) is 5.78 Å². The smallest absolute Gasteiger partial charge is 0.192 e. The van der Waals surface area contributed by atoms with Crippen molar-refractivity contribution in [3.63, 3.8) is 0 Å². The van der Waals surface area contributed by atoms with Gasteiger partial charge in [-0.3, -0.25) is 14.6 Å². The molecular weight excluding hydrogens is 374 g/mol. The lowest BCUT2D eigenvalue weighted by Crippen LogP contribution is -2.43. The molecule has 5 rings (SSSR count). The number of aliphatic imine (C=N–C) groups is 1. The molecule has 0 spiro atoms. The van der Waals surface area contributed by atoms with Crippen molar-refractivity contribution in [1.29, 1.82) is 0 Å². The zero-order valence-electron chi connectivity index (χ0n) is 17.7. The molecule has 1 heterocycles. The van der Waals surface area contributed by atoms with Crippen LogP contribution in [-0.4, -0.2) is 22.4 Å². The predicted molar refractivity (Wildman–Crippen MR) is 117 cm³/mol. The van der Waals surface area contributed by atoms with Gasteiger partial charge in [-0.25, -0.2) is 0 Å². The normalized spacial score (nSPS) is 24.3. The molecule has 4 nitrogen and oxygen atoms in total. The average Bonchev–Trinajstić information content (AvgIpc) is 2.96. The Morgan fingerprint density at radius 2 is 1.60 bits per heavy atom. The Labute approximate surface area is 176 Å². The summed E-state index contributed by atoms with van der Waals surface area (Å²) < 4.78 is 0. The molecule has 2 aliphatic carbocycles. The van der Waals surface area contributed by atoms with E-state index < -0.39 is 5.92 Å². The maximum absolute atomic E-state index is 13.5. The van der Waals surface area contributed by atoms with E-state index in [1.54, 1.807) is 0 Å². The van der Waals surface area contributed by atoms with Gasteiger partial charge in [-0.1, -0.05) is 50.2 Å². The van der Waals surface area contributed by atoms with Gasteiger partial charge in [0.05, 0.1) is 11.6 Å². The minimum atomic E-state index is -0.418. The zero-order valence-corrected chi connectivity index (χ0v) is 17.7. The number of hydrogen-bond acceptors (Lipinski definition) is 4. The largest absolute Gasteiger partial charge is 0.507 e. The summed E-state index contributed by atoms with van der Waals surface area (Å²) in [4.78, 5) is 31.8. The topological polar surface area (TPSA) is 66.7 Å². The van der Waals surface area contributed by atoms with Crippen molar-refractivity contribution in [1.82, 2.24) is 0 Å². The second-order valence-electron chi connectivity index (χ2n) is 9.68. The molecule has 1 saturated carbocycles. The van der Waals surface area contributed by atoms with Gasteiger partial charge in [-0.2, -0.15) is 0 Å². The Hall–Kier alpha value is -3.01. The first kappa shape index (κ1) is 19.0. The highest BCUT2D eigenvalue weighted by Crippen LogP contribution is 2.52. The van der Waals surface area contributed by atoms with Crippen LogP contribution in [0.4, 0.5) is 0 Å². The van der Waals surface area contributed by atoms with E-state index in [-0.39, 0.29) is 28.6 Å². The second kappa shape index (κ2) is 6.24. The van der Waals surface area contributed by atoms with Gasteiger partial charge < -0.3 is 5.11 Å². The summed E-state index contributed by atoms with van der Waals surface area (Å²) in [5.74, 6) is -0.412. The van der Waals surface area contributed by atoms with Crippen LogP contribution in [0.15, 0.2) is 47.0 Å². The molecule has 0 bridgehead atoms. The third-order valence-electron chi connectivity index (χ3n) is 6.72. The Bertz CT molecular complexity index is 1180. The van der Waals surface area contributed by atoms with E-state index in [4.69, 9.17) is 4.99 Å². The average molecular weight is 399 g/mol. The first-order chi connectivity index (χ1) is 14.2. The van der Waals surface area contributed by atoms with Gasteiger partial charge in [0.2, 0.25) is 0 Å². The number of Topliss-reactive ketones (excluding diaryl/α,β-unsaturated/α-hetero) is 2. The van der Waals surface area contributed by atoms with E-state index in [2.05, 4.69) is 13.8 Å². The summed E-state index contributed by atoms with van der Waals surface area (Å²) in [6.07, 6.45) is 1.22. The highest BCUT2D eigenvalue weighted by atomic mass is 16.3. The van der Waals surface area contributed by atoms with Crippen molar-refractivity contribution in [2.75, 3.05) is 0 Å². The number of rotatable bonds is 1. The zero-order chi connectivity index (χ0) is 21.4. The fourth-order valence-corrected chi connectivity index (χ4v) is 5.45. The molecular formula is C26H25NO3. The lowest BCUT2D eigenvalue weighted by Gasteiger charge is -2.40. The SMILES string of the molecule is Cc1cc([C@H]2C3=C(N=C4CC(C)(C)CC(=O)C42)c2ccccc2C3=O)cc(C)c1O. The van der Waals surface area contributed by atoms with Crippen LogP contribution in [-0.2, 0) is 4.79 Å². The Balaban J connectivity index is 1.78. The number of benzene rings is 2. The van der Waals surface area contributed by atoms with Crippen molar-refractivity contribution >= 4 is 23.0 Å². The van der Waals surface area contributed by atoms with Crippen molar-refractivity contribution < 1.29 is 14.7 Å². The molecule has 2 aromatic carbocycles. The maximum Gasteiger partial charge on any atom is 0.192 e. The van der Waals surface area contributed by atoms with E-state index >= 15 is 0 Å². The molecule has 152 valence electrons. The summed E-state index contributed by atoms with van der Waals surface area (Å²) in [5.41, 5.74) is 6.02. The van der Waals surface area contributed by atoms with Gasteiger partial charge in [-0.15, -0.1) is 0 Å². The van der Waals surface area contributed by atoms with E-state index in [1.165, 1.54) is 0 Å². The highest BCUT2D eigenvalue weighted by molar-refractivity contribution is 6.25. The van der Waals surface area contributed by atoms with Crippen LogP contribution in [0.5, 0.6) is 5.75 Å². The van der Waals surface area contributed by atoms with Crippen molar-refractivity contribution in [3.05, 3.63) is 69.8 Å². The number of aromatic hydroxyl groups is 1. The molecule has 1 unspecified atom stereocenters.